The minimum atomic E-state index is -0.236. The zero-order valence-corrected chi connectivity index (χ0v) is 6.67. The summed E-state index contributed by atoms with van der Waals surface area (Å²) in [5, 5.41) is 2.52. The summed E-state index contributed by atoms with van der Waals surface area (Å²) in [5.74, 6) is 0.736. The Labute approximate surface area is 66.2 Å². The van der Waals surface area contributed by atoms with E-state index in [2.05, 4.69) is 5.32 Å². The standard InChI is InChI=1S/C8H13NO2/c1-6(11)8(9-5-10)4-7-2-3-7/h5,7-8H,2-4H2,1H3,(H,9,10). The number of nitrogens with one attached hydrogen (secondary N) is 1. The SMILES string of the molecule is CC(=O)C(CC1CC1)NC=O. The van der Waals surface area contributed by atoms with Gasteiger partial charge in [0.25, 0.3) is 0 Å². The summed E-state index contributed by atoms with van der Waals surface area (Å²) in [7, 11) is 0. The molecule has 1 unspecified atom stereocenters. The molecule has 0 saturated heterocycles. The van der Waals surface area contributed by atoms with Gasteiger partial charge in [-0.15, -0.1) is 0 Å². The number of hydrogen-bond donors (Lipinski definition) is 1. The van der Waals surface area contributed by atoms with Crippen LogP contribution in [0.1, 0.15) is 26.2 Å². The van der Waals surface area contributed by atoms with Crippen LogP contribution in [0.15, 0.2) is 0 Å². The second kappa shape index (κ2) is 3.51. The van der Waals surface area contributed by atoms with Gasteiger partial charge in [-0.05, 0) is 19.3 Å². The summed E-state index contributed by atoms with van der Waals surface area (Å²) >= 11 is 0. The topological polar surface area (TPSA) is 46.2 Å². The van der Waals surface area contributed by atoms with Gasteiger partial charge in [0.05, 0.1) is 6.04 Å². The molecule has 1 fully saturated rings. The lowest BCUT2D eigenvalue weighted by Gasteiger charge is -2.10. The summed E-state index contributed by atoms with van der Waals surface area (Å²) in [6.45, 7) is 1.52. The predicted octanol–water partition coefficient (Wildman–Crippen LogP) is 0.490. The van der Waals surface area contributed by atoms with Crippen LogP contribution in [-0.4, -0.2) is 18.2 Å². The molecule has 3 nitrogen and oxygen atoms in total. The maximum atomic E-state index is 10.9. The highest BCUT2D eigenvalue weighted by atomic mass is 16.1. The second-order valence-corrected chi connectivity index (χ2v) is 3.13. The van der Waals surface area contributed by atoms with Crippen molar-refractivity contribution < 1.29 is 9.59 Å². The van der Waals surface area contributed by atoms with Crippen LogP contribution in [-0.2, 0) is 9.59 Å². The van der Waals surface area contributed by atoms with Gasteiger partial charge in [-0.3, -0.25) is 9.59 Å². The molecule has 0 aromatic rings. The average Bonchev–Trinajstić information content (AvgIpc) is 2.70. The first-order valence-corrected chi connectivity index (χ1v) is 3.94. The molecule has 1 aliphatic rings. The van der Waals surface area contributed by atoms with Gasteiger partial charge in [-0.25, -0.2) is 0 Å². The Balaban J connectivity index is 2.30. The Kier molecular flexibility index (Phi) is 2.63. The molecule has 1 rings (SSSR count). The van der Waals surface area contributed by atoms with Crippen LogP contribution in [0.5, 0.6) is 0 Å². The lowest BCUT2D eigenvalue weighted by molar-refractivity contribution is -0.122. The Morgan fingerprint density at radius 3 is 2.73 bits per heavy atom. The molecule has 0 heterocycles. The van der Waals surface area contributed by atoms with Crippen LogP contribution in [0, 0.1) is 5.92 Å². The fourth-order valence-corrected chi connectivity index (χ4v) is 1.12. The van der Waals surface area contributed by atoms with Crippen LogP contribution >= 0.6 is 0 Å². The quantitative estimate of drug-likeness (QED) is 0.587. The van der Waals surface area contributed by atoms with Crippen molar-refractivity contribution in [3.05, 3.63) is 0 Å². The number of ketones is 1. The van der Waals surface area contributed by atoms with E-state index in [0.717, 1.165) is 6.42 Å². The first kappa shape index (κ1) is 8.24. The normalized spacial score (nSPS) is 19.0. The van der Waals surface area contributed by atoms with Crippen molar-refractivity contribution in [2.24, 2.45) is 5.92 Å². The molecule has 62 valence electrons. The van der Waals surface area contributed by atoms with Gasteiger partial charge in [0.2, 0.25) is 6.41 Å². The van der Waals surface area contributed by atoms with Crippen molar-refractivity contribution in [3.63, 3.8) is 0 Å². The molecule has 1 atom stereocenters. The molecule has 0 radical (unpaired) electrons. The molecule has 1 amide bonds. The Hall–Kier alpha value is -0.860. The first-order chi connectivity index (χ1) is 5.24. The lowest BCUT2D eigenvalue weighted by Crippen LogP contribution is -2.34. The number of hydrogen-bond acceptors (Lipinski definition) is 2. The highest BCUT2D eigenvalue weighted by molar-refractivity contribution is 5.83. The number of carbonyl (C=O) groups is 2. The highest BCUT2D eigenvalue weighted by Crippen LogP contribution is 2.33. The highest BCUT2D eigenvalue weighted by Gasteiger charge is 2.27. The van der Waals surface area contributed by atoms with Gasteiger partial charge < -0.3 is 5.32 Å². The van der Waals surface area contributed by atoms with E-state index in [0.29, 0.717) is 12.3 Å². The fraction of sp³-hybridized carbons (Fsp3) is 0.750. The van der Waals surface area contributed by atoms with Crippen LogP contribution in [0.3, 0.4) is 0 Å². The molecule has 1 saturated carbocycles. The lowest BCUT2D eigenvalue weighted by atomic mass is 10.1. The van der Waals surface area contributed by atoms with Crippen LogP contribution < -0.4 is 5.32 Å². The molecule has 0 aromatic heterocycles. The molecular formula is C8H13NO2. The fourth-order valence-electron chi connectivity index (χ4n) is 1.12. The predicted molar refractivity (Wildman–Crippen MR) is 41.0 cm³/mol. The summed E-state index contributed by atoms with van der Waals surface area (Å²) < 4.78 is 0. The van der Waals surface area contributed by atoms with Gasteiger partial charge in [-0.2, -0.15) is 0 Å². The number of carbonyl (C=O) groups excluding carboxylic acids is 2. The van der Waals surface area contributed by atoms with Crippen molar-refractivity contribution in [2.45, 2.75) is 32.2 Å². The van der Waals surface area contributed by atoms with E-state index in [1.54, 1.807) is 0 Å². The minimum Gasteiger partial charge on any atom is -0.349 e. The van der Waals surface area contributed by atoms with Crippen molar-refractivity contribution in [3.8, 4) is 0 Å². The van der Waals surface area contributed by atoms with Gasteiger partial charge in [-0.1, -0.05) is 12.8 Å². The first-order valence-electron chi connectivity index (χ1n) is 3.94. The molecule has 1 N–H and O–H groups in total. The Morgan fingerprint density at radius 2 is 2.36 bits per heavy atom. The van der Waals surface area contributed by atoms with E-state index in [1.165, 1.54) is 19.8 Å². The Morgan fingerprint density at radius 1 is 1.73 bits per heavy atom. The zero-order chi connectivity index (χ0) is 8.27. The van der Waals surface area contributed by atoms with E-state index >= 15 is 0 Å². The van der Waals surface area contributed by atoms with E-state index in [-0.39, 0.29) is 11.8 Å². The number of rotatable bonds is 5. The summed E-state index contributed by atoms with van der Waals surface area (Å²) in [6.07, 6.45) is 3.86. The van der Waals surface area contributed by atoms with Crippen molar-refractivity contribution in [1.29, 1.82) is 0 Å². The summed E-state index contributed by atoms with van der Waals surface area (Å²) in [4.78, 5) is 20.9. The van der Waals surface area contributed by atoms with Crippen LogP contribution in [0.2, 0.25) is 0 Å². The van der Waals surface area contributed by atoms with Crippen LogP contribution in [0.4, 0.5) is 0 Å². The van der Waals surface area contributed by atoms with Crippen molar-refractivity contribution in [1.82, 2.24) is 5.32 Å². The number of amides is 1. The van der Waals surface area contributed by atoms with Crippen LogP contribution in [0.25, 0.3) is 0 Å². The third-order valence-corrected chi connectivity index (χ3v) is 2.03. The van der Waals surface area contributed by atoms with E-state index < -0.39 is 0 Å². The molecule has 1 aliphatic carbocycles. The van der Waals surface area contributed by atoms with Gasteiger partial charge >= 0.3 is 0 Å². The maximum Gasteiger partial charge on any atom is 0.207 e. The summed E-state index contributed by atoms with van der Waals surface area (Å²) in [5.41, 5.74) is 0. The smallest absolute Gasteiger partial charge is 0.207 e. The largest absolute Gasteiger partial charge is 0.349 e. The molecule has 0 bridgehead atoms. The molecule has 0 aromatic carbocycles. The minimum absolute atomic E-state index is 0.0593. The zero-order valence-electron chi connectivity index (χ0n) is 6.67. The molecule has 3 heteroatoms. The molecule has 11 heavy (non-hydrogen) atoms. The van der Waals surface area contributed by atoms with Crippen molar-refractivity contribution >= 4 is 12.2 Å². The molecule has 0 spiro atoms. The van der Waals surface area contributed by atoms with E-state index in [1.807, 2.05) is 0 Å². The van der Waals surface area contributed by atoms with Gasteiger partial charge in [0, 0.05) is 0 Å². The summed E-state index contributed by atoms with van der Waals surface area (Å²) in [6, 6.07) is -0.236. The second-order valence-electron chi connectivity index (χ2n) is 3.13. The monoisotopic (exact) mass is 155 g/mol. The van der Waals surface area contributed by atoms with Gasteiger partial charge in [0.1, 0.15) is 0 Å². The maximum absolute atomic E-state index is 10.9. The average molecular weight is 155 g/mol. The third-order valence-electron chi connectivity index (χ3n) is 2.03. The van der Waals surface area contributed by atoms with Gasteiger partial charge in [0.15, 0.2) is 5.78 Å². The van der Waals surface area contributed by atoms with Crippen molar-refractivity contribution in [2.75, 3.05) is 0 Å². The third kappa shape index (κ3) is 2.70. The molecular weight excluding hydrogens is 142 g/mol. The van der Waals surface area contributed by atoms with E-state index in [9.17, 15) is 9.59 Å². The molecule has 0 aliphatic heterocycles. The van der Waals surface area contributed by atoms with E-state index in [4.69, 9.17) is 0 Å². The number of Topliss-reactive ketones (excluding diaryl/α,β-unsaturated/α-hetero) is 1. The Bertz CT molecular complexity index is 163.